The summed E-state index contributed by atoms with van der Waals surface area (Å²) in [5.74, 6) is 1.00. The molecule has 2 aliphatic carbocycles. The van der Waals surface area contributed by atoms with E-state index in [1.54, 1.807) is 0 Å². The lowest BCUT2D eigenvalue weighted by Gasteiger charge is -2.28. The first-order valence-corrected chi connectivity index (χ1v) is 7.30. The number of aromatic amines is 1. The van der Waals surface area contributed by atoms with E-state index in [0.717, 1.165) is 24.3 Å². The summed E-state index contributed by atoms with van der Waals surface area (Å²) in [5, 5.41) is 7.35. The van der Waals surface area contributed by atoms with Gasteiger partial charge in [0.1, 0.15) is 0 Å². The summed E-state index contributed by atoms with van der Waals surface area (Å²) in [5.41, 5.74) is 4.64. The van der Waals surface area contributed by atoms with Crippen molar-refractivity contribution < 1.29 is 0 Å². The molecule has 100 valence electrons. The molecule has 0 aliphatic heterocycles. The number of hydrogen-bond donors (Lipinski definition) is 1. The minimum absolute atomic E-state index is 0.815. The van der Waals surface area contributed by atoms with Gasteiger partial charge < -0.3 is 4.90 Å². The number of aryl methyl sites for hydroxylation is 2. The molecule has 0 bridgehead atoms. The SMILES string of the molecule is Cc1n[nH]c(C)c1CCN(C)CC1CC12CCC2. The molecule has 3 heteroatoms. The third-order valence-corrected chi connectivity index (χ3v) is 5.26. The number of nitrogens with zero attached hydrogens (tertiary/aromatic N) is 2. The Hall–Kier alpha value is -0.830. The molecule has 3 nitrogen and oxygen atoms in total. The number of nitrogens with one attached hydrogen (secondary N) is 1. The highest BCUT2D eigenvalue weighted by Gasteiger charge is 2.57. The highest BCUT2D eigenvalue weighted by atomic mass is 15.1. The van der Waals surface area contributed by atoms with E-state index < -0.39 is 0 Å². The maximum Gasteiger partial charge on any atom is 0.0626 e. The van der Waals surface area contributed by atoms with Gasteiger partial charge in [-0.05, 0) is 63.5 Å². The molecule has 1 aromatic heterocycles. The van der Waals surface area contributed by atoms with Gasteiger partial charge in [0.2, 0.25) is 0 Å². The number of H-pyrrole nitrogens is 1. The topological polar surface area (TPSA) is 31.9 Å². The van der Waals surface area contributed by atoms with Crippen molar-refractivity contribution in [1.82, 2.24) is 15.1 Å². The third-order valence-electron chi connectivity index (χ3n) is 5.26. The van der Waals surface area contributed by atoms with Crippen LogP contribution >= 0.6 is 0 Å². The second-order valence-electron chi connectivity index (χ2n) is 6.54. The fourth-order valence-electron chi connectivity index (χ4n) is 3.65. The molecule has 0 radical (unpaired) electrons. The molecule has 1 aromatic rings. The largest absolute Gasteiger partial charge is 0.306 e. The summed E-state index contributed by atoms with van der Waals surface area (Å²) in [6, 6.07) is 0. The molecule has 1 atom stereocenters. The Kier molecular flexibility index (Phi) is 2.97. The minimum Gasteiger partial charge on any atom is -0.306 e. The van der Waals surface area contributed by atoms with E-state index in [1.165, 1.54) is 49.2 Å². The van der Waals surface area contributed by atoms with Crippen LogP contribution in [0.3, 0.4) is 0 Å². The summed E-state index contributed by atoms with van der Waals surface area (Å²) < 4.78 is 0. The number of aromatic nitrogens is 2. The van der Waals surface area contributed by atoms with E-state index in [1.807, 2.05) is 0 Å². The summed E-state index contributed by atoms with van der Waals surface area (Å²) >= 11 is 0. The van der Waals surface area contributed by atoms with Gasteiger partial charge in [0.05, 0.1) is 5.69 Å². The van der Waals surface area contributed by atoms with E-state index in [4.69, 9.17) is 0 Å². The van der Waals surface area contributed by atoms with Gasteiger partial charge in [-0.3, -0.25) is 5.10 Å². The van der Waals surface area contributed by atoms with Gasteiger partial charge >= 0.3 is 0 Å². The van der Waals surface area contributed by atoms with Gasteiger partial charge in [-0.15, -0.1) is 0 Å². The van der Waals surface area contributed by atoms with Crippen molar-refractivity contribution in [2.24, 2.45) is 11.3 Å². The molecule has 1 N–H and O–H groups in total. The lowest BCUT2D eigenvalue weighted by Crippen LogP contribution is -2.27. The average Bonchev–Trinajstić information content (AvgIpc) is 2.92. The Morgan fingerprint density at radius 2 is 2.17 bits per heavy atom. The predicted molar refractivity (Wildman–Crippen MR) is 73.7 cm³/mol. The molecule has 1 spiro atoms. The highest BCUT2D eigenvalue weighted by Crippen LogP contribution is 2.65. The Morgan fingerprint density at radius 1 is 1.39 bits per heavy atom. The predicted octanol–water partition coefficient (Wildman–Crippen LogP) is 2.69. The first kappa shape index (κ1) is 12.2. The van der Waals surface area contributed by atoms with E-state index >= 15 is 0 Å². The lowest BCUT2D eigenvalue weighted by molar-refractivity contribution is 0.223. The van der Waals surface area contributed by atoms with Crippen LogP contribution in [0.1, 0.15) is 42.6 Å². The summed E-state index contributed by atoms with van der Waals surface area (Å²) in [6.45, 7) is 6.69. The van der Waals surface area contributed by atoms with Crippen LogP contribution in [0.4, 0.5) is 0 Å². The summed E-state index contributed by atoms with van der Waals surface area (Å²) in [6.07, 6.45) is 7.12. The molecule has 0 amide bonds. The van der Waals surface area contributed by atoms with Crippen molar-refractivity contribution >= 4 is 0 Å². The second kappa shape index (κ2) is 4.37. The number of rotatable bonds is 5. The van der Waals surface area contributed by atoms with Gasteiger partial charge in [-0.25, -0.2) is 0 Å². The van der Waals surface area contributed by atoms with Crippen molar-refractivity contribution in [2.45, 2.75) is 46.0 Å². The van der Waals surface area contributed by atoms with Crippen molar-refractivity contribution in [3.8, 4) is 0 Å². The first-order chi connectivity index (χ1) is 8.61. The smallest absolute Gasteiger partial charge is 0.0626 e. The van der Waals surface area contributed by atoms with Crippen LogP contribution in [0.5, 0.6) is 0 Å². The molecular weight excluding hydrogens is 222 g/mol. The zero-order valence-corrected chi connectivity index (χ0v) is 11.9. The number of likely N-dealkylation sites (N-methyl/N-ethyl adjacent to an activating group) is 1. The van der Waals surface area contributed by atoms with Crippen molar-refractivity contribution in [3.05, 3.63) is 17.0 Å². The molecule has 1 heterocycles. The van der Waals surface area contributed by atoms with Crippen LogP contribution in [0.15, 0.2) is 0 Å². The molecular formula is C15H25N3. The van der Waals surface area contributed by atoms with Gasteiger partial charge in [-0.2, -0.15) is 5.10 Å². The van der Waals surface area contributed by atoms with Crippen LogP contribution in [0, 0.1) is 25.2 Å². The Morgan fingerprint density at radius 3 is 2.67 bits per heavy atom. The monoisotopic (exact) mass is 247 g/mol. The maximum atomic E-state index is 4.27. The molecule has 18 heavy (non-hydrogen) atoms. The van der Waals surface area contributed by atoms with Crippen molar-refractivity contribution in [1.29, 1.82) is 0 Å². The lowest BCUT2D eigenvalue weighted by atomic mass is 9.80. The van der Waals surface area contributed by atoms with E-state index in [0.29, 0.717) is 0 Å². The van der Waals surface area contributed by atoms with Crippen LogP contribution < -0.4 is 0 Å². The maximum absolute atomic E-state index is 4.27. The van der Waals surface area contributed by atoms with Crippen molar-refractivity contribution in [3.63, 3.8) is 0 Å². The molecule has 3 rings (SSSR count). The summed E-state index contributed by atoms with van der Waals surface area (Å²) in [4.78, 5) is 2.52. The zero-order valence-electron chi connectivity index (χ0n) is 11.9. The Balaban J connectivity index is 1.46. The van der Waals surface area contributed by atoms with Gasteiger partial charge in [-0.1, -0.05) is 6.42 Å². The highest BCUT2D eigenvalue weighted by molar-refractivity contribution is 5.23. The van der Waals surface area contributed by atoms with Crippen LogP contribution in [0.2, 0.25) is 0 Å². The quantitative estimate of drug-likeness (QED) is 0.867. The first-order valence-electron chi connectivity index (χ1n) is 7.30. The van der Waals surface area contributed by atoms with E-state index in [9.17, 15) is 0 Å². The van der Waals surface area contributed by atoms with Gasteiger partial charge in [0.15, 0.2) is 0 Å². The number of hydrogen-bond acceptors (Lipinski definition) is 2. The Bertz CT molecular complexity index is 411. The van der Waals surface area contributed by atoms with E-state index in [2.05, 4.69) is 36.0 Å². The van der Waals surface area contributed by atoms with Gasteiger partial charge in [0.25, 0.3) is 0 Å². The fraction of sp³-hybridized carbons (Fsp3) is 0.800. The Labute approximate surface area is 110 Å². The second-order valence-corrected chi connectivity index (χ2v) is 6.54. The summed E-state index contributed by atoms with van der Waals surface area (Å²) in [7, 11) is 2.27. The molecule has 0 aromatic carbocycles. The molecule has 0 saturated heterocycles. The average molecular weight is 247 g/mol. The molecule has 2 saturated carbocycles. The molecule has 2 fully saturated rings. The third kappa shape index (κ3) is 2.09. The normalized spacial score (nSPS) is 24.6. The van der Waals surface area contributed by atoms with E-state index in [-0.39, 0.29) is 0 Å². The van der Waals surface area contributed by atoms with Crippen molar-refractivity contribution in [2.75, 3.05) is 20.1 Å². The van der Waals surface area contributed by atoms with Crippen LogP contribution in [-0.2, 0) is 6.42 Å². The van der Waals surface area contributed by atoms with Gasteiger partial charge in [0, 0.05) is 18.8 Å². The molecule has 2 aliphatic rings. The molecule has 1 unspecified atom stereocenters. The minimum atomic E-state index is 0.815. The van der Waals surface area contributed by atoms with Crippen LogP contribution in [0.25, 0.3) is 0 Å². The van der Waals surface area contributed by atoms with Crippen LogP contribution in [-0.4, -0.2) is 35.2 Å². The zero-order chi connectivity index (χ0) is 12.8. The standard InChI is InChI=1S/C15H25N3/c1-11-14(12(2)17-16-11)5-8-18(3)10-13-9-15(13)6-4-7-15/h13H,4-10H2,1-3H3,(H,16,17). The fourth-order valence-corrected chi connectivity index (χ4v) is 3.65.